The Morgan fingerprint density at radius 2 is 1.76 bits per heavy atom. The SMILES string of the molecule is O=S(=O)(c1cccc(-c2cncnc2)c1)N1CCNCC1. The van der Waals surface area contributed by atoms with Crippen molar-refractivity contribution in [2.75, 3.05) is 26.2 Å². The van der Waals surface area contributed by atoms with Gasteiger partial charge in [0.25, 0.3) is 0 Å². The normalized spacial score (nSPS) is 16.8. The monoisotopic (exact) mass is 304 g/mol. The fourth-order valence-electron chi connectivity index (χ4n) is 2.32. The number of hydrogen-bond acceptors (Lipinski definition) is 5. The lowest BCUT2D eigenvalue weighted by Crippen LogP contribution is -2.46. The third kappa shape index (κ3) is 2.94. The molecule has 0 unspecified atom stereocenters. The highest BCUT2D eigenvalue weighted by Crippen LogP contribution is 2.23. The van der Waals surface area contributed by atoms with Crippen molar-refractivity contribution < 1.29 is 8.42 Å². The van der Waals surface area contributed by atoms with E-state index in [1.165, 1.54) is 10.6 Å². The Bertz CT molecular complexity index is 713. The molecule has 1 N–H and O–H groups in total. The van der Waals surface area contributed by atoms with Gasteiger partial charge in [-0.3, -0.25) is 0 Å². The molecular formula is C14H16N4O2S. The van der Waals surface area contributed by atoms with Gasteiger partial charge < -0.3 is 5.32 Å². The Hall–Kier alpha value is -1.83. The molecule has 21 heavy (non-hydrogen) atoms. The second kappa shape index (κ2) is 5.88. The van der Waals surface area contributed by atoms with E-state index in [2.05, 4.69) is 15.3 Å². The van der Waals surface area contributed by atoms with Crippen LogP contribution in [-0.4, -0.2) is 48.9 Å². The predicted octanol–water partition coefficient (Wildman–Crippen LogP) is 0.737. The number of piperazine rings is 1. The first-order chi connectivity index (χ1) is 10.2. The molecule has 6 nitrogen and oxygen atoms in total. The van der Waals surface area contributed by atoms with Crippen LogP contribution in [0.4, 0.5) is 0 Å². The zero-order valence-corrected chi connectivity index (χ0v) is 12.3. The molecule has 110 valence electrons. The predicted molar refractivity (Wildman–Crippen MR) is 79.1 cm³/mol. The average molecular weight is 304 g/mol. The van der Waals surface area contributed by atoms with Crippen molar-refractivity contribution in [2.24, 2.45) is 0 Å². The van der Waals surface area contributed by atoms with Crippen LogP contribution in [0.15, 0.2) is 47.9 Å². The highest BCUT2D eigenvalue weighted by molar-refractivity contribution is 7.89. The van der Waals surface area contributed by atoms with E-state index in [-0.39, 0.29) is 0 Å². The molecule has 1 aromatic heterocycles. The minimum absolute atomic E-state index is 0.311. The average Bonchev–Trinajstić information content (AvgIpc) is 2.57. The molecule has 0 spiro atoms. The van der Waals surface area contributed by atoms with Gasteiger partial charge in [0.1, 0.15) is 6.33 Å². The van der Waals surface area contributed by atoms with Crippen LogP contribution < -0.4 is 5.32 Å². The van der Waals surface area contributed by atoms with Gasteiger partial charge in [-0.05, 0) is 17.7 Å². The third-order valence-corrected chi connectivity index (χ3v) is 5.34. The molecule has 1 aliphatic heterocycles. The largest absolute Gasteiger partial charge is 0.314 e. The summed E-state index contributed by atoms with van der Waals surface area (Å²) in [5.41, 5.74) is 1.60. The van der Waals surface area contributed by atoms with Gasteiger partial charge in [0.2, 0.25) is 10.0 Å². The maximum absolute atomic E-state index is 12.6. The van der Waals surface area contributed by atoms with E-state index in [1.54, 1.807) is 30.6 Å². The van der Waals surface area contributed by atoms with E-state index in [4.69, 9.17) is 0 Å². The van der Waals surface area contributed by atoms with Gasteiger partial charge in [0.05, 0.1) is 4.90 Å². The number of rotatable bonds is 3. The topological polar surface area (TPSA) is 75.2 Å². The fraction of sp³-hybridized carbons (Fsp3) is 0.286. The maximum Gasteiger partial charge on any atom is 0.243 e. The highest BCUT2D eigenvalue weighted by Gasteiger charge is 2.25. The Kier molecular flexibility index (Phi) is 3.96. The van der Waals surface area contributed by atoms with Crippen LogP contribution in [0, 0.1) is 0 Å². The van der Waals surface area contributed by atoms with Crippen molar-refractivity contribution in [3.8, 4) is 11.1 Å². The summed E-state index contributed by atoms with van der Waals surface area (Å²) in [6.45, 7) is 2.37. The van der Waals surface area contributed by atoms with Crippen molar-refractivity contribution in [2.45, 2.75) is 4.90 Å². The second-order valence-corrected chi connectivity index (χ2v) is 6.75. The van der Waals surface area contributed by atoms with Crippen LogP contribution in [0.2, 0.25) is 0 Å². The van der Waals surface area contributed by atoms with Gasteiger partial charge in [-0.2, -0.15) is 4.31 Å². The summed E-state index contributed by atoms with van der Waals surface area (Å²) in [6.07, 6.45) is 4.79. The lowest BCUT2D eigenvalue weighted by molar-refractivity contribution is 0.360. The Labute approximate surface area is 123 Å². The van der Waals surface area contributed by atoms with Crippen molar-refractivity contribution in [1.82, 2.24) is 19.6 Å². The summed E-state index contributed by atoms with van der Waals surface area (Å²) in [5.74, 6) is 0. The number of sulfonamides is 1. The molecule has 1 fully saturated rings. The fourth-order valence-corrected chi connectivity index (χ4v) is 3.81. The molecule has 0 aliphatic carbocycles. The highest BCUT2D eigenvalue weighted by atomic mass is 32.2. The lowest BCUT2D eigenvalue weighted by Gasteiger charge is -2.26. The zero-order chi connectivity index (χ0) is 14.7. The smallest absolute Gasteiger partial charge is 0.243 e. The maximum atomic E-state index is 12.6. The summed E-state index contributed by atoms with van der Waals surface area (Å²) in [7, 11) is -3.44. The van der Waals surface area contributed by atoms with Crippen LogP contribution >= 0.6 is 0 Å². The van der Waals surface area contributed by atoms with Crippen LogP contribution in [-0.2, 0) is 10.0 Å². The third-order valence-electron chi connectivity index (χ3n) is 3.44. The molecule has 1 saturated heterocycles. The van der Waals surface area contributed by atoms with Crippen molar-refractivity contribution >= 4 is 10.0 Å². The Balaban J connectivity index is 1.96. The first kappa shape index (κ1) is 14.1. The minimum Gasteiger partial charge on any atom is -0.314 e. The van der Waals surface area contributed by atoms with E-state index in [1.807, 2.05) is 6.07 Å². The van der Waals surface area contributed by atoms with E-state index in [0.717, 1.165) is 11.1 Å². The van der Waals surface area contributed by atoms with E-state index in [0.29, 0.717) is 31.1 Å². The van der Waals surface area contributed by atoms with Gasteiger partial charge >= 0.3 is 0 Å². The van der Waals surface area contributed by atoms with Crippen molar-refractivity contribution in [1.29, 1.82) is 0 Å². The van der Waals surface area contributed by atoms with Crippen molar-refractivity contribution in [3.63, 3.8) is 0 Å². The van der Waals surface area contributed by atoms with Gasteiger partial charge in [-0.25, -0.2) is 18.4 Å². The molecule has 3 rings (SSSR count). The Morgan fingerprint density at radius 3 is 2.48 bits per heavy atom. The molecular weight excluding hydrogens is 288 g/mol. The van der Waals surface area contributed by atoms with Gasteiger partial charge in [-0.1, -0.05) is 12.1 Å². The van der Waals surface area contributed by atoms with Crippen LogP contribution in [0.1, 0.15) is 0 Å². The molecule has 0 atom stereocenters. The number of nitrogens with one attached hydrogen (secondary N) is 1. The molecule has 0 radical (unpaired) electrons. The number of nitrogens with zero attached hydrogens (tertiary/aromatic N) is 3. The zero-order valence-electron chi connectivity index (χ0n) is 11.4. The van der Waals surface area contributed by atoms with E-state index < -0.39 is 10.0 Å². The second-order valence-electron chi connectivity index (χ2n) is 4.81. The lowest BCUT2D eigenvalue weighted by atomic mass is 10.1. The summed E-state index contributed by atoms with van der Waals surface area (Å²) in [5, 5.41) is 3.15. The van der Waals surface area contributed by atoms with Crippen molar-refractivity contribution in [3.05, 3.63) is 43.0 Å². The van der Waals surface area contributed by atoms with Crippen LogP contribution in [0.5, 0.6) is 0 Å². The number of aromatic nitrogens is 2. The quantitative estimate of drug-likeness (QED) is 0.905. The first-order valence-electron chi connectivity index (χ1n) is 6.74. The standard InChI is InChI=1S/C14H16N4O2S/c19-21(20,18-6-4-15-5-7-18)14-3-1-2-12(8-14)13-9-16-11-17-10-13/h1-3,8-11,15H,4-7H2. The number of benzene rings is 1. The van der Waals surface area contributed by atoms with Gasteiger partial charge in [-0.15, -0.1) is 0 Å². The Morgan fingerprint density at radius 1 is 1.05 bits per heavy atom. The van der Waals surface area contributed by atoms with Gasteiger partial charge in [0.15, 0.2) is 0 Å². The minimum atomic E-state index is -3.44. The van der Waals surface area contributed by atoms with E-state index in [9.17, 15) is 8.42 Å². The summed E-state index contributed by atoms with van der Waals surface area (Å²) in [4.78, 5) is 8.24. The van der Waals surface area contributed by atoms with Gasteiger partial charge in [0, 0.05) is 44.1 Å². The molecule has 0 bridgehead atoms. The summed E-state index contributed by atoms with van der Waals surface area (Å²) >= 11 is 0. The molecule has 1 aliphatic rings. The molecule has 2 heterocycles. The molecule has 1 aromatic carbocycles. The molecule has 0 amide bonds. The molecule has 2 aromatic rings. The van der Waals surface area contributed by atoms with Crippen LogP contribution in [0.25, 0.3) is 11.1 Å². The molecule has 7 heteroatoms. The molecule has 0 saturated carbocycles. The summed E-state index contributed by atoms with van der Waals surface area (Å²) < 4.78 is 26.8. The van der Waals surface area contributed by atoms with E-state index >= 15 is 0 Å². The summed E-state index contributed by atoms with van der Waals surface area (Å²) in [6, 6.07) is 6.91. The van der Waals surface area contributed by atoms with Crippen LogP contribution in [0.3, 0.4) is 0 Å². The number of hydrogen-bond donors (Lipinski definition) is 1. The first-order valence-corrected chi connectivity index (χ1v) is 8.18.